The minimum absolute atomic E-state index is 0.158. The van der Waals surface area contributed by atoms with E-state index in [0.717, 1.165) is 50.1 Å². The maximum atomic E-state index is 13.3. The van der Waals surface area contributed by atoms with Gasteiger partial charge in [0.15, 0.2) is 0 Å². The van der Waals surface area contributed by atoms with E-state index in [1.54, 1.807) is 11.1 Å². The summed E-state index contributed by atoms with van der Waals surface area (Å²) in [5.41, 5.74) is 1.79. The molecule has 0 saturated carbocycles. The van der Waals surface area contributed by atoms with Crippen molar-refractivity contribution in [2.24, 2.45) is 5.41 Å². The normalized spacial score (nSPS) is 19.7. The van der Waals surface area contributed by atoms with Gasteiger partial charge in [-0.05, 0) is 63.8 Å². The van der Waals surface area contributed by atoms with E-state index in [-0.39, 0.29) is 11.8 Å². The van der Waals surface area contributed by atoms with Crippen molar-refractivity contribution in [3.8, 4) is 0 Å². The third kappa shape index (κ3) is 3.50. The van der Waals surface area contributed by atoms with Gasteiger partial charge in [0.25, 0.3) is 0 Å². The van der Waals surface area contributed by atoms with Crippen molar-refractivity contribution in [2.45, 2.75) is 46.1 Å². The number of carbonyl (C=O) groups excluding carboxylic acids is 1. The van der Waals surface area contributed by atoms with Crippen LogP contribution in [-0.4, -0.2) is 36.7 Å². The average Bonchev–Trinajstić information content (AvgIpc) is 2.90. The molecule has 2 aliphatic heterocycles. The van der Waals surface area contributed by atoms with Gasteiger partial charge in [-0.15, -0.1) is 5.06 Å². The highest BCUT2D eigenvalue weighted by Crippen LogP contribution is 2.33. The lowest BCUT2D eigenvalue weighted by atomic mass is 9.98. The minimum atomic E-state index is -0.477. The van der Waals surface area contributed by atoms with Crippen LogP contribution in [0.1, 0.15) is 39.2 Å². The number of carbonyl (C=O) groups is 1. The van der Waals surface area contributed by atoms with Crippen molar-refractivity contribution in [2.75, 3.05) is 24.5 Å². The SMILES string of the molecule is CC(C)(C)C(=O)ON1CCC(N2CCc3cc(F)ccc32)CC1. The van der Waals surface area contributed by atoms with Crippen molar-refractivity contribution >= 4 is 11.7 Å². The molecule has 0 unspecified atom stereocenters. The molecule has 2 aliphatic rings. The molecule has 4 nitrogen and oxygen atoms in total. The highest BCUT2D eigenvalue weighted by atomic mass is 19.1. The predicted molar refractivity (Wildman–Crippen MR) is 87.6 cm³/mol. The number of hydrogen-bond acceptors (Lipinski definition) is 4. The van der Waals surface area contributed by atoms with Crippen LogP contribution >= 0.6 is 0 Å². The fraction of sp³-hybridized carbons (Fsp3) is 0.611. The molecule has 1 saturated heterocycles. The van der Waals surface area contributed by atoms with Gasteiger partial charge in [0.05, 0.1) is 5.41 Å². The van der Waals surface area contributed by atoms with Crippen molar-refractivity contribution < 1.29 is 14.0 Å². The van der Waals surface area contributed by atoms with Gasteiger partial charge in [-0.3, -0.25) is 0 Å². The Labute approximate surface area is 137 Å². The lowest BCUT2D eigenvalue weighted by Gasteiger charge is -2.37. The second-order valence-corrected chi connectivity index (χ2v) is 7.51. The molecule has 1 aromatic carbocycles. The van der Waals surface area contributed by atoms with Crippen LogP contribution in [0.4, 0.5) is 10.1 Å². The fourth-order valence-electron chi connectivity index (χ4n) is 3.27. The second kappa shape index (κ2) is 6.11. The van der Waals surface area contributed by atoms with E-state index in [4.69, 9.17) is 4.84 Å². The molecule has 0 bridgehead atoms. The van der Waals surface area contributed by atoms with Crippen LogP contribution in [0.15, 0.2) is 18.2 Å². The molecule has 0 radical (unpaired) electrons. The first-order valence-electron chi connectivity index (χ1n) is 8.37. The largest absolute Gasteiger partial charge is 0.368 e. The van der Waals surface area contributed by atoms with Gasteiger partial charge < -0.3 is 9.74 Å². The lowest BCUT2D eigenvalue weighted by molar-refractivity contribution is -0.204. The summed E-state index contributed by atoms with van der Waals surface area (Å²) in [6, 6.07) is 5.52. The van der Waals surface area contributed by atoms with Gasteiger partial charge in [0.1, 0.15) is 5.82 Å². The molecule has 0 spiro atoms. The molecule has 1 fully saturated rings. The maximum absolute atomic E-state index is 13.3. The highest BCUT2D eigenvalue weighted by Gasteiger charge is 2.32. The summed E-state index contributed by atoms with van der Waals surface area (Å²) in [7, 11) is 0. The Morgan fingerprint density at radius 1 is 1.22 bits per heavy atom. The minimum Gasteiger partial charge on any atom is -0.368 e. The molecule has 0 aromatic heterocycles. The summed E-state index contributed by atoms with van der Waals surface area (Å²) < 4.78 is 13.3. The quantitative estimate of drug-likeness (QED) is 0.838. The third-order valence-electron chi connectivity index (χ3n) is 4.66. The summed E-state index contributed by atoms with van der Waals surface area (Å²) in [6.07, 6.45) is 2.81. The maximum Gasteiger partial charge on any atom is 0.330 e. The zero-order valence-corrected chi connectivity index (χ0v) is 14.1. The Morgan fingerprint density at radius 2 is 1.91 bits per heavy atom. The Kier molecular flexibility index (Phi) is 4.32. The number of piperidine rings is 1. The Bertz CT molecular complexity index is 589. The van der Waals surface area contributed by atoms with Crippen LogP contribution in [0.25, 0.3) is 0 Å². The van der Waals surface area contributed by atoms with E-state index in [2.05, 4.69) is 4.90 Å². The number of benzene rings is 1. The topological polar surface area (TPSA) is 32.8 Å². The summed E-state index contributed by atoms with van der Waals surface area (Å²) in [5.74, 6) is -0.340. The molecule has 126 valence electrons. The Balaban J connectivity index is 1.58. The van der Waals surface area contributed by atoms with Gasteiger partial charge >= 0.3 is 5.97 Å². The van der Waals surface area contributed by atoms with E-state index < -0.39 is 5.41 Å². The van der Waals surface area contributed by atoms with Crippen LogP contribution in [0.3, 0.4) is 0 Å². The number of rotatable bonds is 2. The summed E-state index contributed by atoms with van der Waals surface area (Å²) >= 11 is 0. The molecule has 1 aromatic rings. The first-order chi connectivity index (χ1) is 10.8. The molecular formula is C18H25FN2O2. The number of nitrogens with zero attached hydrogens (tertiary/aromatic N) is 2. The summed E-state index contributed by atoms with van der Waals surface area (Å²) in [5, 5.41) is 1.78. The molecule has 5 heteroatoms. The first-order valence-corrected chi connectivity index (χ1v) is 8.37. The Morgan fingerprint density at radius 3 is 2.57 bits per heavy atom. The summed E-state index contributed by atoms with van der Waals surface area (Å²) in [6.45, 7) is 8.04. The van der Waals surface area contributed by atoms with Crippen molar-refractivity contribution in [3.05, 3.63) is 29.6 Å². The zero-order valence-electron chi connectivity index (χ0n) is 14.1. The van der Waals surface area contributed by atoms with Gasteiger partial charge in [0.2, 0.25) is 0 Å². The Hall–Kier alpha value is -1.62. The standard InChI is InChI=1S/C18H25FN2O2/c1-18(2,3)17(22)23-20-9-7-15(8-10-20)21-11-6-13-12-14(19)4-5-16(13)21/h4-5,12,15H,6-11H2,1-3H3. The fourth-order valence-corrected chi connectivity index (χ4v) is 3.27. The smallest absolute Gasteiger partial charge is 0.330 e. The van der Waals surface area contributed by atoms with Gasteiger partial charge in [0, 0.05) is 31.4 Å². The first kappa shape index (κ1) is 16.2. The van der Waals surface area contributed by atoms with Crippen molar-refractivity contribution in [1.29, 1.82) is 0 Å². The molecule has 23 heavy (non-hydrogen) atoms. The molecule has 0 N–H and O–H groups in total. The second-order valence-electron chi connectivity index (χ2n) is 7.51. The van der Waals surface area contributed by atoms with Crippen molar-refractivity contribution in [1.82, 2.24) is 5.06 Å². The molecule has 2 heterocycles. The van der Waals surface area contributed by atoms with Crippen LogP contribution in [0, 0.1) is 11.2 Å². The average molecular weight is 320 g/mol. The molecule has 0 atom stereocenters. The van der Waals surface area contributed by atoms with E-state index in [0.29, 0.717) is 6.04 Å². The number of hydroxylamine groups is 2. The van der Waals surface area contributed by atoms with E-state index in [1.807, 2.05) is 26.8 Å². The number of hydrogen-bond donors (Lipinski definition) is 0. The summed E-state index contributed by atoms with van der Waals surface area (Å²) in [4.78, 5) is 19.8. The van der Waals surface area contributed by atoms with Gasteiger partial charge in [-0.2, -0.15) is 0 Å². The predicted octanol–water partition coefficient (Wildman–Crippen LogP) is 3.16. The van der Waals surface area contributed by atoms with E-state index in [1.165, 1.54) is 6.07 Å². The highest BCUT2D eigenvalue weighted by molar-refractivity contribution is 5.75. The molecule has 0 aliphatic carbocycles. The van der Waals surface area contributed by atoms with Crippen LogP contribution < -0.4 is 4.90 Å². The van der Waals surface area contributed by atoms with Crippen LogP contribution in [-0.2, 0) is 16.1 Å². The molecule has 3 rings (SSSR count). The molecule has 0 amide bonds. The van der Waals surface area contributed by atoms with Crippen LogP contribution in [0.5, 0.6) is 0 Å². The van der Waals surface area contributed by atoms with Crippen molar-refractivity contribution in [3.63, 3.8) is 0 Å². The number of fused-ring (bicyclic) bond motifs is 1. The van der Waals surface area contributed by atoms with Gasteiger partial charge in [-0.1, -0.05) is 0 Å². The van der Waals surface area contributed by atoms with E-state index in [9.17, 15) is 9.18 Å². The zero-order chi connectivity index (χ0) is 16.6. The molecular weight excluding hydrogens is 295 g/mol. The number of halogens is 1. The van der Waals surface area contributed by atoms with Crippen LogP contribution in [0.2, 0.25) is 0 Å². The third-order valence-corrected chi connectivity index (χ3v) is 4.66. The lowest BCUT2D eigenvalue weighted by Crippen LogP contribution is -2.46. The van der Waals surface area contributed by atoms with E-state index >= 15 is 0 Å². The number of anilines is 1. The van der Waals surface area contributed by atoms with Gasteiger partial charge in [-0.25, -0.2) is 9.18 Å². The monoisotopic (exact) mass is 320 g/mol.